The zero-order valence-electron chi connectivity index (χ0n) is 10.7. The molecule has 0 bridgehead atoms. The van der Waals surface area contributed by atoms with Gasteiger partial charge in [0.25, 0.3) is 0 Å². The van der Waals surface area contributed by atoms with E-state index in [-0.39, 0.29) is 0 Å². The van der Waals surface area contributed by atoms with Gasteiger partial charge < -0.3 is 4.42 Å². The second-order valence-corrected chi connectivity index (χ2v) is 4.51. The Kier molecular flexibility index (Phi) is 3.45. The van der Waals surface area contributed by atoms with Crippen molar-refractivity contribution in [1.82, 2.24) is 14.9 Å². The van der Waals surface area contributed by atoms with Crippen molar-refractivity contribution in [3.8, 4) is 17.7 Å². The molecule has 0 aliphatic heterocycles. The van der Waals surface area contributed by atoms with Crippen LogP contribution in [0.5, 0.6) is 0 Å². The SMILES string of the molecule is N#Cc1ccc(/C=N\n2c(-c3ccco3)n[nH]c2=S)cc1. The molecule has 0 aliphatic carbocycles. The van der Waals surface area contributed by atoms with Gasteiger partial charge in [-0.3, -0.25) is 0 Å². The fraction of sp³-hybridized carbons (Fsp3) is 0. The van der Waals surface area contributed by atoms with Gasteiger partial charge in [-0.05, 0) is 42.0 Å². The molecule has 2 aromatic heterocycles. The molecule has 0 spiro atoms. The van der Waals surface area contributed by atoms with Crippen molar-refractivity contribution in [2.45, 2.75) is 0 Å². The Hall–Kier alpha value is -2.98. The Morgan fingerprint density at radius 3 is 2.81 bits per heavy atom. The van der Waals surface area contributed by atoms with Gasteiger partial charge in [-0.1, -0.05) is 12.1 Å². The van der Waals surface area contributed by atoms with Crippen LogP contribution in [-0.2, 0) is 0 Å². The zero-order chi connectivity index (χ0) is 14.7. The summed E-state index contributed by atoms with van der Waals surface area (Å²) in [5, 5.41) is 19.8. The first-order valence-corrected chi connectivity index (χ1v) is 6.44. The summed E-state index contributed by atoms with van der Waals surface area (Å²) >= 11 is 5.15. The lowest BCUT2D eigenvalue weighted by Crippen LogP contribution is -1.94. The highest BCUT2D eigenvalue weighted by atomic mass is 32.1. The summed E-state index contributed by atoms with van der Waals surface area (Å²) in [7, 11) is 0. The third-order valence-corrected chi connectivity index (χ3v) is 3.02. The second kappa shape index (κ2) is 5.56. The van der Waals surface area contributed by atoms with Gasteiger partial charge in [0.1, 0.15) is 0 Å². The summed E-state index contributed by atoms with van der Waals surface area (Å²) in [4.78, 5) is 0. The molecule has 102 valence electrons. The third-order valence-electron chi connectivity index (χ3n) is 2.75. The summed E-state index contributed by atoms with van der Waals surface area (Å²) in [5.74, 6) is 1.06. The predicted octanol–water partition coefficient (Wildman–Crippen LogP) is 2.95. The van der Waals surface area contributed by atoms with Crippen LogP contribution in [0.2, 0.25) is 0 Å². The van der Waals surface area contributed by atoms with Gasteiger partial charge >= 0.3 is 0 Å². The lowest BCUT2D eigenvalue weighted by Gasteiger charge is -1.97. The first-order chi connectivity index (χ1) is 10.3. The standard InChI is InChI=1S/C14H9N5OS/c15-8-10-3-5-11(6-4-10)9-16-19-13(17-18-14(19)21)12-2-1-7-20-12/h1-7,9H,(H,18,21)/b16-9-. The highest BCUT2D eigenvalue weighted by Gasteiger charge is 2.10. The van der Waals surface area contributed by atoms with Gasteiger partial charge in [-0.15, -0.1) is 5.10 Å². The van der Waals surface area contributed by atoms with E-state index in [4.69, 9.17) is 21.9 Å². The minimum Gasteiger partial charge on any atom is -0.461 e. The first kappa shape index (κ1) is 13.0. The molecule has 1 aromatic carbocycles. The van der Waals surface area contributed by atoms with Gasteiger partial charge in [0, 0.05) is 0 Å². The van der Waals surface area contributed by atoms with Crippen molar-refractivity contribution in [2.24, 2.45) is 5.10 Å². The number of nitriles is 1. The van der Waals surface area contributed by atoms with Crippen LogP contribution in [0.4, 0.5) is 0 Å². The highest BCUT2D eigenvalue weighted by Crippen LogP contribution is 2.17. The van der Waals surface area contributed by atoms with E-state index in [1.807, 2.05) is 0 Å². The molecule has 0 fully saturated rings. The van der Waals surface area contributed by atoms with Crippen molar-refractivity contribution in [1.29, 1.82) is 5.26 Å². The molecule has 3 aromatic rings. The van der Waals surface area contributed by atoms with Crippen LogP contribution in [-0.4, -0.2) is 21.1 Å². The maximum atomic E-state index is 8.76. The Morgan fingerprint density at radius 1 is 1.33 bits per heavy atom. The van der Waals surface area contributed by atoms with E-state index in [0.29, 0.717) is 21.9 Å². The maximum absolute atomic E-state index is 8.76. The molecule has 6 nitrogen and oxygen atoms in total. The van der Waals surface area contributed by atoms with E-state index in [2.05, 4.69) is 21.4 Å². The molecule has 0 radical (unpaired) electrons. The molecule has 21 heavy (non-hydrogen) atoms. The van der Waals surface area contributed by atoms with E-state index in [9.17, 15) is 0 Å². The number of furan rings is 1. The molecule has 0 saturated carbocycles. The molecule has 0 aliphatic rings. The van der Waals surface area contributed by atoms with Crippen molar-refractivity contribution in [3.63, 3.8) is 0 Å². The molecule has 0 unspecified atom stereocenters. The minimum atomic E-state index is 0.367. The van der Waals surface area contributed by atoms with Crippen LogP contribution < -0.4 is 0 Å². The number of aromatic amines is 1. The van der Waals surface area contributed by atoms with Gasteiger partial charge in [0.05, 0.1) is 24.1 Å². The molecule has 0 atom stereocenters. The van der Waals surface area contributed by atoms with E-state index in [0.717, 1.165) is 5.56 Å². The Balaban J connectivity index is 1.94. The van der Waals surface area contributed by atoms with Crippen LogP contribution in [0.25, 0.3) is 11.6 Å². The average Bonchev–Trinajstić information content (AvgIpc) is 3.15. The number of nitrogens with one attached hydrogen (secondary N) is 1. The van der Waals surface area contributed by atoms with Gasteiger partial charge in [-0.25, -0.2) is 5.10 Å². The van der Waals surface area contributed by atoms with E-state index >= 15 is 0 Å². The monoisotopic (exact) mass is 295 g/mol. The summed E-state index contributed by atoms with van der Waals surface area (Å²) < 4.78 is 7.14. The predicted molar refractivity (Wildman–Crippen MR) is 79.3 cm³/mol. The summed E-state index contributed by atoms with van der Waals surface area (Å²) in [5.41, 5.74) is 1.45. The van der Waals surface area contributed by atoms with Crippen LogP contribution in [0.1, 0.15) is 11.1 Å². The normalized spacial score (nSPS) is 10.8. The Labute approximate surface area is 125 Å². The van der Waals surface area contributed by atoms with Crippen LogP contribution in [0, 0.1) is 16.1 Å². The summed E-state index contributed by atoms with van der Waals surface area (Å²) in [6.07, 6.45) is 3.20. The van der Waals surface area contributed by atoms with Gasteiger partial charge in [0.2, 0.25) is 10.6 Å². The Morgan fingerprint density at radius 2 is 2.14 bits per heavy atom. The number of aromatic nitrogens is 3. The van der Waals surface area contributed by atoms with Crippen LogP contribution in [0.3, 0.4) is 0 Å². The van der Waals surface area contributed by atoms with E-state index in [1.165, 1.54) is 4.68 Å². The molecule has 0 amide bonds. The highest BCUT2D eigenvalue weighted by molar-refractivity contribution is 7.71. The van der Waals surface area contributed by atoms with Crippen molar-refractivity contribution in [3.05, 3.63) is 58.6 Å². The number of hydrogen-bond acceptors (Lipinski definition) is 5. The molecular weight excluding hydrogens is 286 g/mol. The fourth-order valence-electron chi connectivity index (χ4n) is 1.73. The topological polar surface area (TPSA) is 82.9 Å². The number of benzene rings is 1. The summed E-state index contributed by atoms with van der Waals surface area (Å²) in [6, 6.07) is 12.7. The number of hydrogen-bond donors (Lipinski definition) is 1. The molecule has 7 heteroatoms. The lowest BCUT2D eigenvalue weighted by atomic mass is 10.2. The maximum Gasteiger partial charge on any atom is 0.219 e. The Bertz CT molecular complexity index is 865. The number of H-pyrrole nitrogens is 1. The van der Waals surface area contributed by atoms with Crippen molar-refractivity contribution >= 4 is 18.4 Å². The smallest absolute Gasteiger partial charge is 0.219 e. The fourth-order valence-corrected chi connectivity index (χ4v) is 1.91. The zero-order valence-corrected chi connectivity index (χ0v) is 11.5. The molecule has 2 heterocycles. The lowest BCUT2D eigenvalue weighted by molar-refractivity contribution is 0.573. The van der Waals surface area contributed by atoms with Crippen molar-refractivity contribution < 1.29 is 4.42 Å². The van der Waals surface area contributed by atoms with Gasteiger partial charge in [-0.2, -0.15) is 15.0 Å². The summed E-state index contributed by atoms with van der Waals surface area (Å²) in [6.45, 7) is 0. The second-order valence-electron chi connectivity index (χ2n) is 4.12. The average molecular weight is 295 g/mol. The molecule has 0 saturated heterocycles. The number of rotatable bonds is 3. The van der Waals surface area contributed by atoms with E-state index < -0.39 is 0 Å². The van der Waals surface area contributed by atoms with Gasteiger partial charge in [0.15, 0.2) is 5.76 Å². The quantitative estimate of drug-likeness (QED) is 0.595. The van der Waals surface area contributed by atoms with Crippen molar-refractivity contribution in [2.75, 3.05) is 0 Å². The van der Waals surface area contributed by atoms with Crippen LogP contribution >= 0.6 is 12.2 Å². The molecular formula is C14H9N5OS. The number of nitrogens with zero attached hydrogens (tertiary/aromatic N) is 4. The first-order valence-electron chi connectivity index (χ1n) is 6.04. The third kappa shape index (κ3) is 2.66. The molecule has 3 rings (SSSR count). The largest absolute Gasteiger partial charge is 0.461 e. The molecule has 1 N–H and O–H groups in total. The van der Waals surface area contributed by atoms with Crippen LogP contribution in [0.15, 0.2) is 52.2 Å². The van der Waals surface area contributed by atoms with E-state index in [1.54, 1.807) is 48.9 Å². The minimum absolute atomic E-state index is 0.367.